The van der Waals surface area contributed by atoms with Crippen LogP contribution in [0.15, 0.2) is 39.4 Å². The zero-order valence-electron chi connectivity index (χ0n) is 13.8. The molecule has 0 saturated carbocycles. The minimum Gasteiger partial charge on any atom is -0.486 e. The van der Waals surface area contributed by atoms with Gasteiger partial charge >= 0.3 is 0 Å². The van der Waals surface area contributed by atoms with Crippen molar-refractivity contribution in [3.8, 4) is 11.5 Å². The topological polar surface area (TPSA) is 37.8 Å². The van der Waals surface area contributed by atoms with Crippen molar-refractivity contribution >= 4 is 37.7 Å². The molecule has 0 spiro atoms. The predicted octanol–water partition coefficient (Wildman–Crippen LogP) is 3.70. The highest BCUT2D eigenvalue weighted by Crippen LogP contribution is 2.36. The van der Waals surface area contributed by atoms with Crippen molar-refractivity contribution < 1.29 is 9.47 Å². The van der Waals surface area contributed by atoms with Crippen LogP contribution in [0.5, 0.6) is 11.5 Å². The number of rotatable bonds is 3. The Hall–Kier alpha value is -1.31. The third-order valence-corrected chi connectivity index (χ3v) is 5.72. The number of fused-ring (bicyclic) bond motifs is 1. The van der Waals surface area contributed by atoms with Crippen LogP contribution in [0.1, 0.15) is 5.56 Å². The molecular weight excluding hydrogens is 450 g/mol. The summed E-state index contributed by atoms with van der Waals surface area (Å²) in [5, 5.41) is 0. The maximum atomic E-state index is 5.71. The van der Waals surface area contributed by atoms with E-state index in [2.05, 4.69) is 58.8 Å². The number of hydrogen-bond acceptors (Lipinski definition) is 5. The van der Waals surface area contributed by atoms with Crippen molar-refractivity contribution in [1.82, 2.24) is 9.88 Å². The molecule has 0 unspecified atom stereocenters. The number of nitrogens with zero attached hydrogens (tertiary/aromatic N) is 3. The monoisotopic (exact) mass is 467 g/mol. The number of aromatic nitrogens is 1. The van der Waals surface area contributed by atoms with Gasteiger partial charge in [-0.25, -0.2) is 4.98 Å². The molecule has 0 amide bonds. The summed E-state index contributed by atoms with van der Waals surface area (Å²) in [6.45, 7) is 6.13. The first-order chi connectivity index (χ1) is 12.2. The molecule has 2 aromatic rings. The van der Waals surface area contributed by atoms with Crippen molar-refractivity contribution in [1.29, 1.82) is 0 Å². The summed E-state index contributed by atoms with van der Waals surface area (Å²) in [4.78, 5) is 9.29. The Kier molecular flexibility index (Phi) is 5.15. The predicted molar refractivity (Wildman–Crippen MR) is 105 cm³/mol. The Morgan fingerprint density at radius 1 is 0.960 bits per heavy atom. The molecule has 0 radical (unpaired) electrons. The van der Waals surface area contributed by atoms with E-state index < -0.39 is 0 Å². The molecule has 0 N–H and O–H groups in total. The molecule has 5 nitrogen and oxygen atoms in total. The third-order valence-electron chi connectivity index (χ3n) is 4.51. The molecule has 4 rings (SSSR count). The number of pyridine rings is 1. The Bertz CT molecular complexity index is 747. The molecule has 3 heterocycles. The van der Waals surface area contributed by atoms with Crippen molar-refractivity contribution in [3.05, 3.63) is 45.0 Å². The van der Waals surface area contributed by atoms with Gasteiger partial charge in [0.15, 0.2) is 11.5 Å². The van der Waals surface area contributed by atoms with Crippen LogP contribution < -0.4 is 14.4 Å². The van der Waals surface area contributed by atoms with Crippen LogP contribution in [-0.4, -0.2) is 49.3 Å². The molecular formula is C18H19Br2N3O2. The van der Waals surface area contributed by atoms with E-state index in [0.717, 1.165) is 59.0 Å². The summed E-state index contributed by atoms with van der Waals surface area (Å²) in [5.41, 5.74) is 1.24. The smallest absolute Gasteiger partial charge is 0.162 e. The highest BCUT2D eigenvalue weighted by atomic mass is 79.9. The summed E-state index contributed by atoms with van der Waals surface area (Å²) in [5.74, 6) is 2.72. The van der Waals surface area contributed by atoms with Gasteiger partial charge in [-0.15, -0.1) is 0 Å². The fraction of sp³-hybridized carbons (Fsp3) is 0.389. The van der Waals surface area contributed by atoms with E-state index >= 15 is 0 Å². The number of benzene rings is 1. The first kappa shape index (κ1) is 17.1. The molecule has 1 fully saturated rings. The molecule has 1 aromatic carbocycles. The minimum atomic E-state index is 0.616. The quantitative estimate of drug-likeness (QED) is 0.686. The maximum Gasteiger partial charge on any atom is 0.162 e. The lowest BCUT2D eigenvalue weighted by Crippen LogP contribution is -2.46. The van der Waals surface area contributed by atoms with Crippen LogP contribution in [0.2, 0.25) is 0 Å². The van der Waals surface area contributed by atoms with Crippen molar-refractivity contribution in [2.75, 3.05) is 44.3 Å². The summed E-state index contributed by atoms with van der Waals surface area (Å²) in [6, 6.07) is 8.23. The number of anilines is 1. The van der Waals surface area contributed by atoms with Crippen LogP contribution in [0, 0.1) is 0 Å². The lowest BCUT2D eigenvalue weighted by Gasteiger charge is -2.35. The SMILES string of the molecule is Brc1ccc(N2CCN(Cc3cc4c(cc3Br)OCCO4)CC2)nc1. The zero-order valence-corrected chi connectivity index (χ0v) is 16.9. The number of halogens is 2. The Balaban J connectivity index is 1.39. The lowest BCUT2D eigenvalue weighted by molar-refractivity contribution is 0.170. The molecule has 0 aliphatic carbocycles. The third kappa shape index (κ3) is 3.93. The van der Waals surface area contributed by atoms with E-state index in [-0.39, 0.29) is 0 Å². The number of piperazine rings is 1. The Morgan fingerprint density at radius 2 is 1.68 bits per heavy atom. The first-order valence-corrected chi connectivity index (χ1v) is 9.94. The zero-order chi connectivity index (χ0) is 17.2. The number of hydrogen-bond donors (Lipinski definition) is 0. The molecule has 2 aliphatic heterocycles. The molecule has 132 valence electrons. The van der Waals surface area contributed by atoms with Crippen molar-refractivity contribution in [2.45, 2.75) is 6.54 Å². The molecule has 7 heteroatoms. The van der Waals surface area contributed by atoms with E-state index in [1.54, 1.807) is 0 Å². The van der Waals surface area contributed by atoms with Crippen molar-refractivity contribution in [2.24, 2.45) is 0 Å². The fourth-order valence-electron chi connectivity index (χ4n) is 3.16. The van der Waals surface area contributed by atoms with Gasteiger partial charge in [-0.1, -0.05) is 15.9 Å². The summed E-state index contributed by atoms with van der Waals surface area (Å²) in [6.07, 6.45) is 1.86. The molecule has 0 bridgehead atoms. The maximum absolute atomic E-state index is 5.71. The van der Waals surface area contributed by atoms with Gasteiger partial charge in [0.1, 0.15) is 19.0 Å². The van der Waals surface area contributed by atoms with Gasteiger partial charge in [0, 0.05) is 47.9 Å². The van der Waals surface area contributed by atoms with Crippen LogP contribution in [-0.2, 0) is 6.54 Å². The second-order valence-electron chi connectivity index (χ2n) is 6.19. The second-order valence-corrected chi connectivity index (χ2v) is 7.96. The van der Waals surface area contributed by atoms with Crippen LogP contribution in [0.4, 0.5) is 5.82 Å². The standard InChI is InChI=1S/C18H19Br2N3O2/c19-14-1-2-18(21-11-14)23-5-3-22(4-6-23)12-13-9-16-17(10-15(13)20)25-8-7-24-16/h1-2,9-11H,3-8,12H2. The van der Waals surface area contributed by atoms with Gasteiger partial charge in [0.05, 0.1) is 0 Å². The summed E-state index contributed by atoms with van der Waals surface area (Å²) >= 11 is 7.11. The molecule has 0 atom stereocenters. The largest absolute Gasteiger partial charge is 0.486 e. The number of ether oxygens (including phenoxy) is 2. The fourth-order valence-corrected chi connectivity index (χ4v) is 3.84. The average Bonchev–Trinajstić information content (AvgIpc) is 2.64. The van der Waals surface area contributed by atoms with Crippen LogP contribution in [0.3, 0.4) is 0 Å². The van der Waals surface area contributed by atoms with Crippen LogP contribution >= 0.6 is 31.9 Å². The van der Waals surface area contributed by atoms with Gasteiger partial charge in [-0.2, -0.15) is 0 Å². The van der Waals surface area contributed by atoms with Crippen molar-refractivity contribution in [3.63, 3.8) is 0 Å². The van der Waals surface area contributed by atoms with Gasteiger partial charge < -0.3 is 14.4 Å². The van der Waals surface area contributed by atoms with Gasteiger partial charge in [0.25, 0.3) is 0 Å². The van der Waals surface area contributed by atoms with E-state index in [9.17, 15) is 0 Å². The Labute approximate surface area is 164 Å². The average molecular weight is 469 g/mol. The highest BCUT2D eigenvalue weighted by Gasteiger charge is 2.20. The van der Waals surface area contributed by atoms with E-state index in [1.807, 2.05) is 18.3 Å². The van der Waals surface area contributed by atoms with Gasteiger partial charge in [0.2, 0.25) is 0 Å². The summed E-state index contributed by atoms with van der Waals surface area (Å²) in [7, 11) is 0. The molecule has 1 saturated heterocycles. The molecule has 25 heavy (non-hydrogen) atoms. The second kappa shape index (κ2) is 7.51. The lowest BCUT2D eigenvalue weighted by atomic mass is 10.1. The van der Waals surface area contributed by atoms with Gasteiger partial charge in [-0.05, 0) is 45.8 Å². The molecule has 1 aromatic heterocycles. The van der Waals surface area contributed by atoms with Crippen LogP contribution in [0.25, 0.3) is 0 Å². The Morgan fingerprint density at radius 3 is 2.36 bits per heavy atom. The van der Waals surface area contributed by atoms with E-state index in [0.29, 0.717) is 13.2 Å². The van der Waals surface area contributed by atoms with E-state index in [1.165, 1.54) is 5.56 Å². The normalized spacial score (nSPS) is 17.6. The van der Waals surface area contributed by atoms with Gasteiger partial charge in [-0.3, -0.25) is 4.90 Å². The molecule has 2 aliphatic rings. The highest BCUT2D eigenvalue weighted by molar-refractivity contribution is 9.10. The first-order valence-electron chi connectivity index (χ1n) is 8.36. The van der Waals surface area contributed by atoms with E-state index in [4.69, 9.17) is 9.47 Å². The summed E-state index contributed by atoms with van der Waals surface area (Å²) < 4.78 is 13.4. The minimum absolute atomic E-state index is 0.616.